The summed E-state index contributed by atoms with van der Waals surface area (Å²) in [7, 11) is 0. The molecule has 0 aliphatic heterocycles. The van der Waals surface area contributed by atoms with Crippen LogP contribution in [0.15, 0.2) is 36.4 Å². The van der Waals surface area contributed by atoms with Crippen molar-refractivity contribution in [1.82, 2.24) is 0 Å². The third-order valence-electron chi connectivity index (χ3n) is 5.80. The number of unbranched alkanes of at least 4 members (excludes halogenated alkanes) is 1. The Hall–Kier alpha value is -3.02. The van der Waals surface area contributed by atoms with Crippen LogP contribution in [0.4, 0.5) is 0 Å². The van der Waals surface area contributed by atoms with Crippen LogP contribution < -0.4 is 9.47 Å². The largest absolute Gasteiger partial charge is 0.507 e. The predicted molar refractivity (Wildman–Crippen MR) is 117 cm³/mol. The van der Waals surface area contributed by atoms with Crippen molar-refractivity contribution in [3.05, 3.63) is 53.1 Å². The van der Waals surface area contributed by atoms with Gasteiger partial charge in [-0.1, -0.05) is 37.8 Å². The lowest BCUT2D eigenvalue weighted by atomic mass is 9.95. The maximum atomic E-state index is 12.5. The van der Waals surface area contributed by atoms with Gasteiger partial charge in [-0.15, -0.1) is 0 Å². The van der Waals surface area contributed by atoms with E-state index in [1.807, 2.05) is 0 Å². The van der Waals surface area contributed by atoms with Gasteiger partial charge in [0.2, 0.25) is 0 Å². The number of carbonyl (C=O) groups excluding carboxylic acids is 1. The average Bonchev–Trinajstić information content (AvgIpc) is 3.26. The number of carboxylic acids is 1. The molecule has 1 fully saturated rings. The second kappa shape index (κ2) is 10.8. The number of Topliss-reactive ketones (excluding diaryl/α,β-unsaturated/α-hetero) is 1. The second-order valence-corrected chi connectivity index (χ2v) is 8.07. The maximum Gasteiger partial charge on any atom is 0.339 e. The normalized spacial score (nSPS) is 13.8. The smallest absolute Gasteiger partial charge is 0.339 e. The highest BCUT2D eigenvalue weighted by Crippen LogP contribution is 2.34. The van der Waals surface area contributed by atoms with Gasteiger partial charge in [-0.2, -0.15) is 0 Å². The van der Waals surface area contributed by atoms with Gasteiger partial charge >= 0.3 is 5.97 Å². The molecule has 0 spiro atoms. The number of aromatic carboxylic acids is 1. The van der Waals surface area contributed by atoms with E-state index in [-0.39, 0.29) is 17.1 Å². The highest BCUT2D eigenvalue weighted by Gasteiger charge is 2.22. The van der Waals surface area contributed by atoms with Crippen LogP contribution >= 0.6 is 0 Å². The molecule has 0 amide bonds. The first-order valence-electron chi connectivity index (χ1n) is 10.9. The number of carbonyl (C=O) groups is 2. The number of phenolic OH excluding ortho intramolecular Hbond substituents is 1. The summed E-state index contributed by atoms with van der Waals surface area (Å²) in [5.74, 6) is 0.348. The van der Waals surface area contributed by atoms with Gasteiger partial charge in [0, 0.05) is 12.0 Å². The highest BCUT2D eigenvalue weighted by molar-refractivity contribution is 5.99. The number of hydrogen-bond acceptors (Lipinski definition) is 5. The summed E-state index contributed by atoms with van der Waals surface area (Å²) < 4.78 is 11.4. The quantitative estimate of drug-likeness (QED) is 0.369. The number of ketones is 1. The first-order chi connectivity index (χ1) is 15.0. The summed E-state index contributed by atoms with van der Waals surface area (Å²) in [6.07, 6.45) is 6.46. The lowest BCUT2D eigenvalue weighted by Gasteiger charge is -2.14. The highest BCUT2D eigenvalue weighted by atomic mass is 16.5. The summed E-state index contributed by atoms with van der Waals surface area (Å²) in [4.78, 5) is 23.7. The monoisotopic (exact) mass is 426 g/mol. The number of aromatic hydroxyl groups is 1. The molecule has 1 aliphatic rings. The average molecular weight is 427 g/mol. The first-order valence-corrected chi connectivity index (χ1v) is 10.9. The van der Waals surface area contributed by atoms with E-state index < -0.39 is 5.97 Å². The molecule has 1 saturated carbocycles. The summed E-state index contributed by atoms with van der Waals surface area (Å²) in [6, 6.07) is 9.95. The molecule has 0 aromatic heterocycles. The molecule has 2 N–H and O–H groups in total. The number of carboxylic acid groups (broad SMARTS) is 1. The van der Waals surface area contributed by atoms with Crippen molar-refractivity contribution in [3.63, 3.8) is 0 Å². The minimum absolute atomic E-state index is 0.00200. The van der Waals surface area contributed by atoms with Crippen LogP contribution in [0, 0.1) is 12.8 Å². The van der Waals surface area contributed by atoms with Crippen LogP contribution in [-0.2, 0) is 0 Å². The molecule has 0 saturated heterocycles. The molecule has 1 aliphatic carbocycles. The molecule has 31 heavy (non-hydrogen) atoms. The third kappa shape index (κ3) is 6.00. The lowest BCUT2D eigenvalue weighted by molar-refractivity contribution is 0.0691. The molecule has 0 heterocycles. The van der Waals surface area contributed by atoms with E-state index in [4.69, 9.17) is 14.6 Å². The number of para-hydroxylation sites is 1. The van der Waals surface area contributed by atoms with Gasteiger partial charge in [-0.25, -0.2) is 4.79 Å². The lowest BCUT2D eigenvalue weighted by Crippen LogP contribution is -2.08. The first kappa shape index (κ1) is 22.7. The Balaban J connectivity index is 1.45. The van der Waals surface area contributed by atoms with E-state index in [9.17, 15) is 14.7 Å². The number of ether oxygens (including phenoxy) is 2. The molecule has 0 atom stereocenters. The molecular weight excluding hydrogens is 396 g/mol. The van der Waals surface area contributed by atoms with Crippen LogP contribution in [0.2, 0.25) is 0 Å². The molecule has 166 valence electrons. The molecule has 6 nitrogen and oxygen atoms in total. The number of phenols is 1. The van der Waals surface area contributed by atoms with Gasteiger partial charge in [-0.05, 0) is 49.9 Å². The fraction of sp³-hybridized carbons (Fsp3) is 0.440. The Kier molecular flexibility index (Phi) is 7.93. The van der Waals surface area contributed by atoms with Crippen LogP contribution in [0.25, 0.3) is 0 Å². The van der Waals surface area contributed by atoms with Crippen molar-refractivity contribution < 1.29 is 29.3 Å². The van der Waals surface area contributed by atoms with Crippen molar-refractivity contribution in [3.8, 4) is 17.2 Å². The van der Waals surface area contributed by atoms with Gasteiger partial charge in [0.05, 0.1) is 18.8 Å². The summed E-state index contributed by atoms with van der Waals surface area (Å²) >= 11 is 0. The van der Waals surface area contributed by atoms with Crippen LogP contribution in [0.1, 0.15) is 71.2 Å². The van der Waals surface area contributed by atoms with Crippen LogP contribution in [-0.4, -0.2) is 35.2 Å². The topological polar surface area (TPSA) is 93.1 Å². The molecule has 0 radical (unpaired) electrons. The predicted octanol–water partition coefficient (Wildman–Crippen LogP) is 5.40. The fourth-order valence-corrected chi connectivity index (χ4v) is 3.99. The molecule has 0 unspecified atom stereocenters. The van der Waals surface area contributed by atoms with Gasteiger partial charge in [0.15, 0.2) is 5.78 Å². The Morgan fingerprint density at radius 2 is 1.58 bits per heavy atom. The van der Waals surface area contributed by atoms with Gasteiger partial charge in [0.25, 0.3) is 0 Å². The van der Waals surface area contributed by atoms with Crippen LogP contribution in [0.5, 0.6) is 17.2 Å². The van der Waals surface area contributed by atoms with Crippen molar-refractivity contribution in [2.24, 2.45) is 5.92 Å². The molecule has 2 aromatic rings. The minimum atomic E-state index is -1.01. The Morgan fingerprint density at radius 3 is 2.26 bits per heavy atom. The van der Waals surface area contributed by atoms with E-state index >= 15 is 0 Å². The van der Waals surface area contributed by atoms with Gasteiger partial charge < -0.3 is 19.7 Å². The Bertz CT molecular complexity index is 914. The molecule has 2 aromatic carbocycles. The van der Waals surface area contributed by atoms with Crippen molar-refractivity contribution in [2.45, 2.75) is 51.9 Å². The molecule has 6 heteroatoms. The summed E-state index contributed by atoms with van der Waals surface area (Å²) in [5, 5.41) is 19.7. The van der Waals surface area contributed by atoms with Crippen molar-refractivity contribution >= 4 is 11.8 Å². The van der Waals surface area contributed by atoms with E-state index in [2.05, 4.69) is 0 Å². The summed E-state index contributed by atoms with van der Waals surface area (Å²) in [5.41, 5.74) is 1.10. The third-order valence-corrected chi connectivity index (χ3v) is 5.80. The standard InChI is InChI=1S/C25H30O6/c1-17-22(13-12-19(24(17)27)21(26)16-18-8-2-3-9-18)30-14-6-7-15-31-23-11-5-4-10-20(23)25(28)29/h4-5,10-13,18,27H,2-3,6-9,14-16H2,1H3,(H,28,29). The minimum Gasteiger partial charge on any atom is -0.507 e. The zero-order valence-corrected chi connectivity index (χ0v) is 17.9. The Morgan fingerprint density at radius 1 is 0.935 bits per heavy atom. The fourth-order valence-electron chi connectivity index (χ4n) is 3.99. The second-order valence-electron chi connectivity index (χ2n) is 8.07. The zero-order valence-electron chi connectivity index (χ0n) is 17.9. The van der Waals surface area contributed by atoms with Crippen LogP contribution in [0.3, 0.4) is 0 Å². The van der Waals surface area contributed by atoms with Crippen molar-refractivity contribution in [1.29, 1.82) is 0 Å². The maximum absolute atomic E-state index is 12.5. The molecule has 0 bridgehead atoms. The van der Waals surface area contributed by atoms with E-state index in [1.54, 1.807) is 37.3 Å². The zero-order chi connectivity index (χ0) is 22.2. The number of hydrogen-bond donors (Lipinski definition) is 2. The number of rotatable bonds is 11. The van der Waals surface area contributed by atoms with Gasteiger partial charge in [-0.3, -0.25) is 4.79 Å². The van der Waals surface area contributed by atoms with E-state index in [1.165, 1.54) is 18.9 Å². The van der Waals surface area contributed by atoms with Gasteiger partial charge in [0.1, 0.15) is 22.8 Å². The Labute approximate surface area is 182 Å². The van der Waals surface area contributed by atoms with E-state index in [0.29, 0.717) is 61.0 Å². The van der Waals surface area contributed by atoms with Crippen molar-refractivity contribution in [2.75, 3.05) is 13.2 Å². The molecular formula is C25H30O6. The SMILES string of the molecule is Cc1c(OCCCCOc2ccccc2C(=O)O)ccc(C(=O)CC2CCCC2)c1O. The summed E-state index contributed by atoms with van der Waals surface area (Å²) in [6.45, 7) is 2.56. The molecule has 3 rings (SSSR count). The van der Waals surface area contributed by atoms with E-state index in [0.717, 1.165) is 12.8 Å². The number of benzene rings is 2.